The van der Waals surface area contributed by atoms with E-state index >= 15 is 0 Å². The number of amides is 2. The molecule has 1 aromatic carbocycles. The first kappa shape index (κ1) is 20.6. The molecule has 0 saturated carbocycles. The summed E-state index contributed by atoms with van der Waals surface area (Å²) in [5, 5.41) is 4.87. The molecule has 154 valence electrons. The molecule has 0 unspecified atom stereocenters. The van der Waals surface area contributed by atoms with Crippen LogP contribution in [0.5, 0.6) is 0 Å². The normalized spacial score (nSPS) is 23.4. The molecule has 0 radical (unpaired) electrons. The van der Waals surface area contributed by atoms with Crippen LogP contribution in [0.25, 0.3) is 0 Å². The van der Waals surface area contributed by atoms with Gasteiger partial charge in [-0.15, -0.1) is 0 Å². The number of carbonyl (C=O) groups is 2. The predicted molar refractivity (Wildman–Crippen MR) is 101 cm³/mol. The van der Waals surface area contributed by atoms with Gasteiger partial charge in [-0.1, -0.05) is 30.3 Å². The molecule has 3 N–H and O–H groups in total. The lowest BCUT2D eigenvalue weighted by Gasteiger charge is -2.28. The molecule has 0 spiro atoms. The first-order valence-corrected chi connectivity index (χ1v) is 10.8. The molecule has 10 heteroatoms. The third kappa shape index (κ3) is 5.21. The monoisotopic (exact) mass is 411 g/mol. The molecule has 3 rings (SSSR count). The highest BCUT2D eigenvalue weighted by Gasteiger charge is 2.45. The van der Waals surface area contributed by atoms with Crippen molar-refractivity contribution in [3.8, 4) is 0 Å². The zero-order valence-electron chi connectivity index (χ0n) is 15.4. The van der Waals surface area contributed by atoms with Gasteiger partial charge in [0.2, 0.25) is 5.91 Å². The molecule has 2 aliphatic heterocycles. The fourth-order valence-corrected chi connectivity index (χ4v) is 4.30. The summed E-state index contributed by atoms with van der Waals surface area (Å²) in [6.45, 7) is 1.30. The van der Waals surface area contributed by atoms with Gasteiger partial charge in [0.15, 0.2) is 0 Å². The first-order chi connectivity index (χ1) is 13.3. The number of hydrogen-bond donors (Lipinski definition) is 3. The average Bonchev–Trinajstić information content (AvgIpc) is 3.14. The van der Waals surface area contributed by atoms with Gasteiger partial charge in [0.05, 0.1) is 0 Å². The quantitative estimate of drug-likeness (QED) is 0.603. The lowest BCUT2D eigenvalue weighted by molar-refractivity contribution is -0.126. The third-order valence-electron chi connectivity index (χ3n) is 5.11. The summed E-state index contributed by atoms with van der Waals surface area (Å²) in [5.41, 5.74) is 0.775. The van der Waals surface area contributed by atoms with E-state index in [-0.39, 0.29) is 25.6 Å². The number of nitrogens with one attached hydrogen (secondary N) is 2. The standard InChI is InChI=1S/C18H25N3O6S/c22-17(20-14-6-8-19-9-7-14)16-10-15(28(24,25)26)11-21(16)18(23)27-12-13-4-2-1-3-5-13/h1-5,14-16,19H,6-12H2,(H,20,22)(H,24,25,26)/t15-,16-/m0/s1. The molecular formula is C18H25N3O6S. The highest BCUT2D eigenvalue weighted by molar-refractivity contribution is 7.86. The Labute approximate surface area is 164 Å². The molecule has 2 amide bonds. The van der Waals surface area contributed by atoms with Crippen molar-refractivity contribution in [2.45, 2.75) is 43.2 Å². The van der Waals surface area contributed by atoms with E-state index in [0.29, 0.717) is 0 Å². The van der Waals surface area contributed by atoms with E-state index in [0.717, 1.165) is 36.4 Å². The van der Waals surface area contributed by atoms with E-state index in [9.17, 15) is 22.6 Å². The van der Waals surface area contributed by atoms with E-state index in [1.54, 1.807) is 12.1 Å². The molecule has 2 heterocycles. The Balaban J connectivity index is 1.67. The van der Waals surface area contributed by atoms with Crippen LogP contribution < -0.4 is 10.6 Å². The fourth-order valence-electron chi connectivity index (χ4n) is 3.53. The molecule has 0 aliphatic carbocycles. The number of piperidine rings is 1. The van der Waals surface area contributed by atoms with Crippen molar-refractivity contribution >= 4 is 22.1 Å². The molecule has 28 heavy (non-hydrogen) atoms. The Bertz CT molecular complexity index is 795. The van der Waals surface area contributed by atoms with Gasteiger partial charge < -0.3 is 15.4 Å². The summed E-state index contributed by atoms with van der Waals surface area (Å²) in [6.07, 6.45) is 0.591. The van der Waals surface area contributed by atoms with Crippen molar-refractivity contribution in [1.29, 1.82) is 0 Å². The van der Waals surface area contributed by atoms with Crippen LogP contribution in [0.2, 0.25) is 0 Å². The van der Waals surface area contributed by atoms with E-state index in [4.69, 9.17) is 4.74 Å². The van der Waals surface area contributed by atoms with Crippen LogP contribution in [0.3, 0.4) is 0 Å². The minimum atomic E-state index is -4.38. The van der Waals surface area contributed by atoms with Crippen molar-refractivity contribution in [1.82, 2.24) is 15.5 Å². The summed E-state index contributed by atoms with van der Waals surface area (Å²) >= 11 is 0. The summed E-state index contributed by atoms with van der Waals surface area (Å²) < 4.78 is 37.8. The zero-order valence-corrected chi connectivity index (χ0v) is 16.2. The van der Waals surface area contributed by atoms with Crippen LogP contribution in [0.1, 0.15) is 24.8 Å². The van der Waals surface area contributed by atoms with Crippen molar-refractivity contribution in [2.75, 3.05) is 19.6 Å². The highest BCUT2D eigenvalue weighted by Crippen LogP contribution is 2.25. The Hall–Kier alpha value is -2.17. The minimum Gasteiger partial charge on any atom is -0.445 e. The van der Waals surface area contributed by atoms with E-state index in [1.807, 2.05) is 18.2 Å². The van der Waals surface area contributed by atoms with E-state index < -0.39 is 33.4 Å². The molecule has 2 aliphatic rings. The van der Waals surface area contributed by atoms with Crippen LogP contribution in [-0.4, -0.2) is 66.8 Å². The Kier molecular flexibility index (Phi) is 6.53. The van der Waals surface area contributed by atoms with Gasteiger partial charge >= 0.3 is 6.09 Å². The van der Waals surface area contributed by atoms with Gasteiger partial charge in [-0.2, -0.15) is 8.42 Å². The Morgan fingerprint density at radius 2 is 1.89 bits per heavy atom. The summed E-state index contributed by atoms with van der Waals surface area (Å²) in [4.78, 5) is 26.3. The van der Waals surface area contributed by atoms with E-state index in [2.05, 4.69) is 10.6 Å². The van der Waals surface area contributed by atoms with Gasteiger partial charge in [-0.25, -0.2) is 4.79 Å². The number of ether oxygens (including phenoxy) is 1. The maximum Gasteiger partial charge on any atom is 0.410 e. The topological polar surface area (TPSA) is 125 Å². The smallest absolute Gasteiger partial charge is 0.410 e. The summed E-state index contributed by atoms with van der Waals surface area (Å²) in [7, 11) is -4.38. The number of carbonyl (C=O) groups excluding carboxylic acids is 2. The van der Waals surface area contributed by atoms with Gasteiger partial charge in [-0.3, -0.25) is 14.2 Å². The lowest BCUT2D eigenvalue weighted by atomic mass is 10.1. The number of hydrogen-bond acceptors (Lipinski definition) is 6. The van der Waals surface area contributed by atoms with Crippen molar-refractivity contribution < 1.29 is 27.3 Å². The van der Waals surface area contributed by atoms with Crippen LogP contribution >= 0.6 is 0 Å². The molecule has 2 saturated heterocycles. The first-order valence-electron chi connectivity index (χ1n) is 9.29. The Morgan fingerprint density at radius 3 is 2.54 bits per heavy atom. The average molecular weight is 411 g/mol. The maximum absolute atomic E-state index is 12.7. The van der Waals surface area contributed by atoms with Crippen molar-refractivity contribution in [3.63, 3.8) is 0 Å². The maximum atomic E-state index is 12.7. The molecule has 0 bridgehead atoms. The molecule has 9 nitrogen and oxygen atoms in total. The van der Waals surface area contributed by atoms with E-state index in [1.165, 1.54) is 0 Å². The molecule has 1 aromatic rings. The number of rotatable bonds is 5. The van der Waals surface area contributed by atoms with Gasteiger partial charge in [0, 0.05) is 12.6 Å². The van der Waals surface area contributed by atoms with Crippen LogP contribution in [0, 0.1) is 0 Å². The lowest BCUT2D eigenvalue weighted by Crippen LogP contribution is -2.51. The summed E-state index contributed by atoms with van der Waals surface area (Å²) in [6, 6.07) is 8.01. The van der Waals surface area contributed by atoms with Crippen LogP contribution in [0.15, 0.2) is 30.3 Å². The Morgan fingerprint density at radius 1 is 1.21 bits per heavy atom. The molecular weight excluding hydrogens is 386 g/mol. The fraction of sp³-hybridized carbons (Fsp3) is 0.556. The minimum absolute atomic E-state index is 0.00927. The zero-order chi connectivity index (χ0) is 20.1. The highest BCUT2D eigenvalue weighted by atomic mass is 32.2. The van der Waals surface area contributed by atoms with Gasteiger partial charge in [0.25, 0.3) is 10.1 Å². The SMILES string of the molecule is O=C(NC1CCNCC1)[C@@H]1C[C@H](S(=O)(=O)O)CN1C(=O)OCc1ccccc1. The van der Waals surface area contributed by atoms with Gasteiger partial charge in [-0.05, 0) is 37.9 Å². The largest absolute Gasteiger partial charge is 0.445 e. The number of likely N-dealkylation sites (tertiary alicyclic amines) is 1. The second-order valence-corrected chi connectivity index (χ2v) is 8.81. The second kappa shape index (κ2) is 8.89. The molecule has 0 aromatic heterocycles. The molecule has 2 fully saturated rings. The predicted octanol–water partition coefficient (Wildman–Crippen LogP) is 0.522. The van der Waals surface area contributed by atoms with Crippen LogP contribution in [0.4, 0.5) is 4.79 Å². The van der Waals surface area contributed by atoms with Crippen molar-refractivity contribution in [3.05, 3.63) is 35.9 Å². The number of nitrogens with zero attached hydrogens (tertiary/aromatic N) is 1. The summed E-state index contributed by atoms with van der Waals surface area (Å²) in [5.74, 6) is -0.422. The van der Waals surface area contributed by atoms with Gasteiger partial charge in [0.1, 0.15) is 17.9 Å². The third-order valence-corrected chi connectivity index (χ3v) is 6.30. The van der Waals surface area contributed by atoms with Crippen molar-refractivity contribution in [2.24, 2.45) is 0 Å². The second-order valence-electron chi connectivity index (χ2n) is 7.11. The number of benzene rings is 1. The molecule has 2 atom stereocenters. The van der Waals surface area contributed by atoms with Crippen LogP contribution in [-0.2, 0) is 26.3 Å².